The van der Waals surface area contributed by atoms with Crippen LogP contribution in [0.2, 0.25) is 0 Å². The number of carboxylic acids is 1. The van der Waals surface area contributed by atoms with Crippen LogP contribution in [0.3, 0.4) is 0 Å². The fraction of sp³-hybridized carbons (Fsp3) is 0.500. The highest BCUT2D eigenvalue weighted by Crippen LogP contribution is 2.27. The number of carbonyl (C=O) groups is 1. The van der Waals surface area contributed by atoms with Crippen molar-refractivity contribution >= 4 is 27.4 Å². The fourth-order valence-corrected chi connectivity index (χ4v) is 1.79. The van der Waals surface area contributed by atoms with Gasteiger partial charge in [-0.15, -0.1) is 0 Å². The first kappa shape index (κ1) is 12.4. The molecule has 1 rings (SSSR count). The summed E-state index contributed by atoms with van der Waals surface area (Å²) < 4.78 is 0. The molecule has 16 heavy (non-hydrogen) atoms. The molecule has 0 saturated heterocycles. The summed E-state index contributed by atoms with van der Waals surface area (Å²) in [5.41, 5.74) is 0. The van der Waals surface area contributed by atoms with Crippen LogP contribution in [-0.4, -0.2) is 34.6 Å². The van der Waals surface area contributed by atoms with Gasteiger partial charge in [0.05, 0.1) is 10.8 Å². The van der Waals surface area contributed by atoms with Gasteiger partial charge in [-0.25, -0.2) is 4.98 Å². The van der Waals surface area contributed by atoms with Gasteiger partial charge in [-0.3, -0.25) is 14.9 Å². The lowest BCUT2D eigenvalue weighted by Crippen LogP contribution is -2.28. The molecule has 0 aromatic carbocycles. The van der Waals surface area contributed by atoms with E-state index in [-0.39, 0.29) is 11.5 Å². The van der Waals surface area contributed by atoms with Gasteiger partial charge in [0.15, 0.2) is 5.13 Å². The van der Waals surface area contributed by atoms with E-state index in [2.05, 4.69) is 4.98 Å². The number of nitrogens with zero attached hydrogens (tertiary/aromatic N) is 3. The summed E-state index contributed by atoms with van der Waals surface area (Å²) in [4.78, 5) is 26.0. The van der Waals surface area contributed by atoms with Crippen LogP contribution in [0, 0.1) is 16.0 Å². The average Bonchev–Trinajstić information content (AvgIpc) is 2.65. The van der Waals surface area contributed by atoms with Crippen molar-refractivity contribution in [3.05, 3.63) is 16.3 Å². The fourth-order valence-electron chi connectivity index (χ4n) is 1.08. The number of anilines is 1. The van der Waals surface area contributed by atoms with Gasteiger partial charge < -0.3 is 10.0 Å². The van der Waals surface area contributed by atoms with E-state index in [0.717, 1.165) is 11.3 Å². The average molecular weight is 245 g/mol. The van der Waals surface area contributed by atoms with Gasteiger partial charge in [0.1, 0.15) is 6.20 Å². The molecule has 8 heteroatoms. The Kier molecular flexibility index (Phi) is 3.78. The molecule has 0 aliphatic heterocycles. The summed E-state index contributed by atoms with van der Waals surface area (Å²) in [7, 11) is 1.65. The van der Waals surface area contributed by atoms with E-state index in [0.29, 0.717) is 5.13 Å². The molecular formula is C8H11N3O4S. The summed E-state index contributed by atoms with van der Waals surface area (Å²) in [5, 5.41) is 19.5. The first-order chi connectivity index (χ1) is 7.41. The second kappa shape index (κ2) is 4.88. The first-order valence-corrected chi connectivity index (χ1v) is 5.27. The molecule has 1 aromatic rings. The van der Waals surface area contributed by atoms with E-state index in [1.807, 2.05) is 0 Å². The molecule has 0 fully saturated rings. The second-order valence-corrected chi connectivity index (χ2v) is 4.35. The zero-order valence-electron chi connectivity index (χ0n) is 8.78. The SMILES string of the molecule is CC(CN(C)c1ncc([N+](=O)[O-])s1)C(=O)O. The summed E-state index contributed by atoms with van der Waals surface area (Å²) in [6.07, 6.45) is 1.17. The van der Waals surface area contributed by atoms with Crippen molar-refractivity contribution in [3.8, 4) is 0 Å². The van der Waals surface area contributed by atoms with E-state index in [4.69, 9.17) is 5.11 Å². The normalized spacial score (nSPS) is 12.1. The van der Waals surface area contributed by atoms with Crippen LogP contribution in [0.1, 0.15) is 6.92 Å². The predicted molar refractivity (Wildman–Crippen MR) is 58.8 cm³/mol. The van der Waals surface area contributed by atoms with Crippen molar-refractivity contribution in [1.29, 1.82) is 0 Å². The summed E-state index contributed by atoms with van der Waals surface area (Å²) in [6, 6.07) is 0. The van der Waals surface area contributed by atoms with Gasteiger partial charge in [-0.1, -0.05) is 6.92 Å². The van der Waals surface area contributed by atoms with E-state index in [1.54, 1.807) is 18.9 Å². The molecule has 88 valence electrons. The molecule has 0 saturated carbocycles. The summed E-state index contributed by atoms with van der Waals surface area (Å²) in [6.45, 7) is 1.83. The van der Waals surface area contributed by atoms with Crippen LogP contribution in [-0.2, 0) is 4.79 Å². The highest BCUT2D eigenvalue weighted by Gasteiger charge is 2.18. The van der Waals surface area contributed by atoms with Crippen LogP contribution in [0.25, 0.3) is 0 Å². The Balaban J connectivity index is 2.69. The quantitative estimate of drug-likeness (QED) is 0.618. The largest absolute Gasteiger partial charge is 0.481 e. The molecule has 0 bridgehead atoms. The number of aliphatic carboxylic acids is 1. The zero-order valence-corrected chi connectivity index (χ0v) is 9.60. The topological polar surface area (TPSA) is 96.6 Å². The van der Waals surface area contributed by atoms with Crippen molar-refractivity contribution in [2.75, 3.05) is 18.5 Å². The van der Waals surface area contributed by atoms with Gasteiger partial charge in [0.2, 0.25) is 0 Å². The standard InChI is InChI=1S/C8H11N3O4S/c1-5(7(12)13)4-10(2)8-9-3-6(16-8)11(14)15/h3,5H,4H2,1-2H3,(H,12,13). The van der Waals surface area contributed by atoms with E-state index >= 15 is 0 Å². The lowest BCUT2D eigenvalue weighted by atomic mass is 10.2. The molecule has 0 aliphatic rings. The third-order valence-corrected chi connectivity index (χ3v) is 3.02. The lowest BCUT2D eigenvalue weighted by molar-refractivity contribution is -0.380. The van der Waals surface area contributed by atoms with Gasteiger partial charge in [-0.2, -0.15) is 0 Å². The molecule has 0 radical (unpaired) electrons. The molecule has 1 atom stereocenters. The van der Waals surface area contributed by atoms with Crippen molar-refractivity contribution in [1.82, 2.24) is 4.98 Å². The third-order valence-electron chi connectivity index (χ3n) is 1.96. The van der Waals surface area contributed by atoms with Crippen molar-refractivity contribution < 1.29 is 14.8 Å². The van der Waals surface area contributed by atoms with Gasteiger partial charge in [0.25, 0.3) is 0 Å². The Hall–Kier alpha value is -1.70. The minimum atomic E-state index is -0.905. The minimum absolute atomic E-state index is 0.0511. The monoisotopic (exact) mass is 245 g/mol. The molecule has 0 spiro atoms. The molecule has 1 heterocycles. The van der Waals surface area contributed by atoms with Gasteiger partial charge in [0, 0.05) is 13.6 Å². The Morgan fingerprint density at radius 1 is 1.81 bits per heavy atom. The van der Waals surface area contributed by atoms with E-state index in [1.165, 1.54) is 6.20 Å². The first-order valence-electron chi connectivity index (χ1n) is 4.46. The number of nitro groups is 1. The van der Waals surface area contributed by atoms with E-state index < -0.39 is 16.8 Å². The zero-order chi connectivity index (χ0) is 12.3. The van der Waals surface area contributed by atoms with E-state index in [9.17, 15) is 14.9 Å². The minimum Gasteiger partial charge on any atom is -0.481 e. The number of aromatic nitrogens is 1. The molecule has 1 unspecified atom stereocenters. The Morgan fingerprint density at radius 2 is 2.44 bits per heavy atom. The van der Waals surface area contributed by atoms with Gasteiger partial charge >= 0.3 is 11.0 Å². The number of thiazole rings is 1. The van der Waals surface area contributed by atoms with Crippen molar-refractivity contribution in [2.45, 2.75) is 6.92 Å². The second-order valence-electron chi connectivity index (χ2n) is 3.36. The van der Waals surface area contributed by atoms with Crippen LogP contribution in [0.5, 0.6) is 0 Å². The third kappa shape index (κ3) is 2.89. The lowest BCUT2D eigenvalue weighted by Gasteiger charge is -2.17. The van der Waals surface area contributed by atoms with Crippen molar-refractivity contribution in [2.24, 2.45) is 5.92 Å². The molecule has 1 N–H and O–H groups in total. The van der Waals surface area contributed by atoms with Crippen molar-refractivity contribution in [3.63, 3.8) is 0 Å². The molecular weight excluding hydrogens is 234 g/mol. The Bertz CT molecular complexity index is 406. The maximum Gasteiger partial charge on any atom is 0.345 e. The Morgan fingerprint density at radius 3 is 2.88 bits per heavy atom. The van der Waals surface area contributed by atoms with Crippen LogP contribution in [0.15, 0.2) is 6.20 Å². The van der Waals surface area contributed by atoms with Crippen LogP contribution in [0.4, 0.5) is 10.1 Å². The predicted octanol–water partition coefficient (Wildman–Crippen LogP) is 1.21. The van der Waals surface area contributed by atoms with Gasteiger partial charge in [-0.05, 0) is 11.3 Å². The number of rotatable bonds is 5. The summed E-state index contributed by atoms with van der Waals surface area (Å²) in [5.74, 6) is -1.45. The highest BCUT2D eigenvalue weighted by molar-refractivity contribution is 7.18. The number of carboxylic acid groups (broad SMARTS) is 1. The maximum atomic E-state index is 10.6. The number of hydrogen-bond acceptors (Lipinski definition) is 6. The smallest absolute Gasteiger partial charge is 0.345 e. The highest BCUT2D eigenvalue weighted by atomic mass is 32.1. The maximum absolute atomic E-state index is 10.6. The summed E-state index contributed by atoms with van der Waals surface area (Å²) >= 11 is 0.926. The molecule has 7 nitrogen and oxygen atoms in total. The number of hydrogen-bond donors (Lipinski definition) is 1. The molecule has 1 aromatic heterocycles. The molecule has 0 aliphatic carbocycles. The Labute approximate surface area is 95.5 Å². The molecule has 0 amide bonds. The van der Waals surface area contributed by atoms with Crippen LogP contribution < -0.4 is 4.90 Å². The van der Waals surface area contributed by atoms with Crippen LogP contribution >= 0.6 is 11.3 Å².